The van der Waals surface area contributed by atoms with Crippen LogP contribution in [0.1, 0.15) is 22.8 Å². The van der Waals surface area contributed by atoms with E-state index < -0.39 is 24.5 Å². The Labute approximate surface area is 107 Å². The lowest BCUT2D eigenvalue weighted by Crippen LogP contribution is -2.20. The second-order valence-corrected chi connectivity index (χ2v) is 3.48. The SMILES string of the molecule is CCOC(=O)Cc1cccc(C=O)c1OC(F)(F)F. The molecule has 4 nitrogen and oxygen atoms in total. The first-order valence-corrected chi connectivity index (χ1v) is 5.35. The predicted molar refractivity (Wildman–Crippen MR) is 58.8 cm³/mol. The number of hydrogen-bond donors (Lipinski definition) is 0. The van der Waals surface area contributed by atoms with Crippen molar-refractivity contribution in [3.05, 3.63) is 29.3 Å². The molecule has 0 amide bonds. The highest BCUT2D eigenvalue weighted by Gasteiger charge is 2.33. The largest absolute Gasteiger partial charge is 0.573 e. The number of para-hydroxylation sites is 1. The van der Waals surface area contributed by atoms with E-state index >= 15 is 0 Å². The number of rotatable bonds is 5. The molecule has 0 radical (unpaired) electrons. The van der Waals surface area contributed by atoms with Gasteiger partial charge in [-0.25, -0.2) is 0 Å². The summed E-state index contributed by atoms with van der Waals surface area (Å²) < 4.78 is 45.2. The molecule has 7 heteroatoms. The van der Waals surface area contributed by atoms with Gasteiger partial charge >= 0.3 is 12.3 Å². The summed E-state index contributed by atoms with van der Waals surface area (Å²) in [6.07, 6.45) is -5.11. The molecular formula is C12H11F3O4. The molecule has 104 valence electrons. The van der Waals surface area contributed by atoms with Crippen molar-refractivity contribution in [3.8, 4) is 5.75 Å². The van der Waals surface area contributed by atoms with Crippen molar-refractivity contribution in [2.45, 2.75) is 19.7 Å². The zero-order valence-corrected chi connectivity index (χ0v) is 9.99. The Bertz CT molecular complexity index is 469. The predicted octanol–water partition coefficient (Wildman–Crippen LogP) is 2.50. The zero-order chi connectivity index (χ0) is 14.5. The van der Waals surface area contributed by atoms with Crippen LogP contribution in [0.2, 0.25) is 0 Å². The summed E-state index contributed by atoms with van der Waals surface area (Å²) >= 11 is 0. The average molecular weight is 276 g/mol. The molecule has 0 aliphatic rings. The molecule has 0 spiro atoms. The van der Waals surface area contributed by atoms with Gasteiger partial charge in [0.25, 0.3) is 0 Å². The first kappa shape index (κ1) is 15.0. The Morgan fingerprint density at radius 1 is 1.37 bits per heavy atom. The van der Waals surface area contributed by atoms with Gasteiger partial charge in [-0.2, -0.15) is 0 Å². The molecule has 0 aliphatic carbocycles. The fourth-order valence-corrected chi connectivity index (χ4v) is 1.44. The van der Waals surface area contributed by atoms with Gasteiger partial charge in [-0.3, -0.25) is 9.59 Å². The van der Waals surface area contributed by atoms with Gasteiger partial charge in [-0.15, -0.1) is 13.2 Å². The molecule has 0 atom stereocenters. The summed E-state index contributed by atoms with van der Waals surface area (Å²) in [6, 6.07) is 3.80. The molecule has 0 heterocycles. The third-order valence-corrected chi connectivity index (χ3v) is 2.11. The summed E-state index contributed by atoms with van der Waals surface area (Å²) in [4.78, 5) is 22.0. The van der Waals surface area contributed by atoms with Crippen LogP contribution < -0.4 is 4.74 Å². The van der Waals surface area contributed by atoms with Crippen LogP contribution >= 0.6 is 0 Å². The second-order valence-electron chi connectivity index (χ2n) is 3.48. The van der Waals surface area contributed by atoms with Crippen molar-refractivity contribution >= 4 is 12.3 Å². The average Bonchev–Trinajstić information content (AvgIpc) is 2.30. The fraction of sp³-hybridized carbons (Fsp3) is 0.333. The Morgan fingerprint density at radius 3 is 2.58 bits per heavy atom. The smallest absolute Gasteiger partial charge is 0.466 e. The highest BCUT2D eigenvalue weighted by molar-refractivity contribution is 5.82. The number of alkyl halides is 3. The maximum absolute atomic E-state index is 12.3. The van der Waals surface area contributed by atoms with E-state index in [0.29, 0.717) is 0 Å². The lowest BCUT2D eigenvalue weighted by atomic mass is 10.1. The number of ether oxygens (including phenoxy) is 2. The molecule has 1 rings (SSSR count). The molecule has 0 unspecified atom stereocenters. The molecule has 19 heavy (non-hydrogen) atoms. The summed E-state index contributed by atoms with van der Waals surface area (Å²) in [6.45, 7) is 1.69. The van der Waals surface area contributed by atoms with Crippen LogP contribution in [0, 0.1) is 0 Å². The molecule has 1 aromatic rings. The van der Waals surface area contributed by atoms with Crippen LogP contribution in [0.3, 0.4) is 0 Å². The third kappa shape index (κ3) is 4.61. The molecule has 0 bridgehead atoms. The van der Waals surface area contributed by atoms with E-state index in [0.717, 1.165) is 0 Å². The monoisotopic (exact) mass is 276 g/mol. The number of hydrogen-bond acceptors (Lipinski definition) is 4. The van der Waals surface area contributed by atoms with Gasteiger partial charge < -0.3 is 9.47 Å². The second kappa shape index (κ2) is 6.21. The lowest BCUT2D eigenvalue weighted by molar-refractivity contribution is -0.275. The Kier molecular flexibility index (Phi) is 4.91. The quantitative estimate of drug-likeness (QED) is 0.612. The van der Waals surface area contributed by atoms with Crippen LogP contribution in [0.4, 0.5) is 13.2 Å². The van der Waals surface area contributed by atoms with E-state index in [9.17, 15) is 22.8 Å². The topological polar surface area (TPSA) is 52.6 Å². The number of benzene rings is 1. The van der Waals surface area contributed by atoms with Crippen molar-refractivity contribution < 1.29 is 32.2 Å². The van der Waals surface area contributed by atoms with Gasteiger partial charge in [-0.1, -0.05) is 12.1 Å². The highest BCUT2D eigenvalue weighted by Crippen LogP contribution is 2.29. The minimum atomic E-state index is -4.94. The maximum atomic E-state index is 12.3. The first-order valence-electron chi connectivity index (χ1n) is 5.35. The van der Waals surface area contributed by atoms with E-state index in [-0.39, 0.29) is 24.0 Å². The van der Waals surface area contributed by atoms with E-state index in [1.54, 1.807) is 6.92 Å². The molecular weight excluding hydrogens is 265 g/mol. The van der Waals surface area contributed by atoms with Crippen molar-refractivity contribution in [1.82, 2.24) is 0 Å². The van der Waals surface area contributed by atoms with Gasteiger partial charge in [0.15, 0.2) is 6.29 Å². The van der Waals surface area contributed by atoms with Gasteiger partial charge in [0.2, 0.25) is 0 Å². The Morgan fingerprint density at radius 2 is 2.05 bits per heavy atom. The first-order chi connectivity index (χ1) is 8.87. The number of esters is 1. The Hall–Kier alpha value is -2.05. The maximum Gasteiger partial charge on any atom is 0.573 e. The zero-order valence-electron chi connectivity index (χ0n) is 9.99. The van der Waals surface area contributed by atoms with E-state index in [2.05, 4.69) is 9.47 Å². The normalized spacial score (nSPS) is 10.9. The molecule has 1 aromatic carbocycles. The van der Waals surface area contributed by atoms with Crippen LogP contribution in [0.25, 0.3) is 0 Å². The van der Waals surface area contributed by atoms with E-state index in [1.807, 2.05) is 0 Å². The van der Waals surface area contributed by atoms with Gasteiger partial charge in [0, 0.05) is 5.56 Å². The minimum Gasteiger partial charge on any atom is -0.466 e. The summed E-state index contributed by atoms with van der Waals surface area (Å²) in [7, 11) is 0. The van der Waals surface area contributed by atoms with E-state index in [1.165, 1.54) is 18.2 Å². The molecule has 0 N–H and O–H groups in total. The van der Waals surface area contributed by atoms with Gasteiger partial charge in [-0.05, 0) is 13.0 Å². The minimum absolute atomic E-state index is 0.0552. The van der Waals surface area contributed by atoms with Gasteiger partial charge in [0.05, 0.1) is 18.6 Å². The molecule has 0 saturated carbocycles. The van der Waals surface area contributed by atoms with Crippen molar-refractivity contribution in [2.24, 2.45) is 0 Å². The van der Waals surface area contributed by atoms with Crippen LogP contribution in [0.5, 0.6) is 5.75 Å². The standard InChI is InChI=1S/C12H11F3O4/c1-2-18-10(17)6-8-4-3-5-9(7-16)11(8)19-12(13,14)15/h3-5,7H,2,6H2,1H3. The Balaban J connectivity index is 3.08. The van der Waals surface area contributed by atoms with Crippen molar-refractivity contribution in [3.63, 3.8) is 0 Å². The van der Waals surface area contributed by atoms with Crippen molar-refractivity contribution in [1.29, 1.82) is 0 Å². The third-order valence-electron chi connectivity index (χ3n) is 2.11. The van der Waals surface area contributed by atoms with Crippen molar-refractivity contribution in [2.75, 3.05) is 6.61 Å². The van der Waals surface area contributed by atoms with Crippen LogP contribution in [-0.4, -0.2) is 25.2 Å². The fourth-order valence-electron chi connectivity index (χ4n) is 1.44. The number of halogens is 3. The highest BCUT2D eigenvalue weighted by atomic mass is 19.4. The number of aldehydes is 1. The molecule has 0 aromatic heterocycles. The lowest BCUT2D eigenvalue weighted by Gasteiger charge is -2.14. The summed E-state index contributed by atoms with van der Waals surface area (Å²) in [5.74, 6) is -1.37. The van der Waals surface area contributed by atoms with Crippen LogP contribution in [-0.2, 0) is 16.0 Å². The summed E-state index contributed by atoms with van der Waals surface area (Å²) in [5, 5.41) is 0. The number of carbonyl (C=O) groups excluding carboxylic acids is 2. The summed E-state index contributed by atoms with van der Waals surface area (Å²) in [5.41, 5.74) is -0.334. The van der Waals surface area contributed by atoms with Crippen LogP contribution in [0.15, 0.2) is 18.2 Å². The van der Waals surface area contributed by atoms with E-state index in [4.69, 9.17) is 0 Å². The molecule has 0 aliphatic heterocycles. The van der Waals surface area contributed by atoms with Gasteiger partial charge in [0.1, 0.15) is 5.75 Å². The number of carbonyl (C=O) groups is 2. The molecule has 0 saturated heterocycles. The molecule has 0 fully saturated rings.